The normalized spacial score (nSPS) is 10.5. The van der Waals surface area contributed by atoms with E-state index in [9.17, 15) is 9.90 Å². The maximum absolute atomic E-state index is 12.2. The van der Waals surface area contributed by atoms with Gasteiger partial charge in [0, 0.05) is 12.6 Å². The van der Waals surface area contributed by atoms with Crippen LogP contribution in [0.15, 0.2) is 53.7 Å². The van der Waals surface area contributed by atoms with Gasteiger partial charge in [0.15, 0.2) is 11.0 Å². The van der Waals surface area contributed by atoms with Crippen molar-refractivity contribution in [2.45, 2.75) is 5.16 Å². The van der Waals surface area contributed by atoms with Crippen LogP contribution in [0.25, 0.3) is 11.4 Å². The van der Waals surface area contributed by atoms with E-state index in [0.717, 1.165) is 5.56 Å². The van der Waals surface area contributed by atoms with Crippen LogP contribution < -0.4 is 10.1 Å². The Morgan fingerprint density at radius 3 is 2.65 bits per heavy atom. The van der Waals surface area contributed by atoms with Crippen molar-refractivity contribution in [3.05, 3.63) is 48.5 Å². The number of hydrogen-bond donors (Lipinski definition) is 2. The molecule has 8 heteroatoms. The predicted octanol–water partition coefficient (Wildman–Crippen LogP) is 2.93. The molecule has 0 aliphatic heterocycles. The minimum absolute atomic E-state index is 0.159. The summed E-state index contributed by atoms with van der Waals surface area (Å²) in [4.78, 5) is 12.2. The van der Waals surface area contributed by atoms with E-state index >= 15 is 0 Å². The van der Waals surface area contributed by atoms with Crippen LogP contribution in [0.4, 0.5) is 5.69 Å². The number of anilines is 1. The molecule has 1 heterocycles. The summed E-state index contributed by atoms with van der Waals surface area (Å²) in [6.07, 6.45) is 0. The number of carbonyl (C=O) groups excluding carboxylic acids is 1. The second kappa shape index (κ2) is 7.92. The summed E-state index contributed by atoms with van der Waals surface area (Å²) < 4.78 is 7.04. The molecule has 0 aliphatic carbocycles. The molecule has 134 valence electrons. The van der Waals surface area contributed by atoms with E-state index in [4.69, 9.17) is 4.74 Å². The molecule has 0 aliphatic rings. The third kappa shape index (κ3) is 3.97. The summed E-state index contributed by atoms with van der Waals surface area (Å²) in [5.74, 6) is 1.50. The van der Waals surface area contributed by atoms with E-state index in [1.165, 1.54) is 11.8 Å². The Morgan fingerprint density at radius 2 is 1.92 bits per heavy atom. The number of phenols is 1. The standard InChI is InChI=1S/C18H18N4O3S/c1-22-17(12-7-9-13(23)10-8-12)20-21-18(22)26-11-16(24)19-14-5-3-4-6-15(14)25-2/h3-10,23H,11H2,1-2H3,(H,19,24). The van der Waals surface area contributed by atoms with Crippen molar-refractivity contribution >= 4 is 23.4 Å². The number of methoxy groups -OCH3 is 1. The molecule has 0 saturated heterocycles. The van der Waals surface area contributed by atoms with Crippen LogP contribution in [0.1, 0.15) is 0 Å². The predicted molar refractivity (Wildman–Crippen MR) is 100 cm³/mol. The molecule has 0 unspecified atom stereocenters. The first kappa shape index (κ1) is 17.8. The number of nitrogens with zero attached hydrogens (tertiary/aromatic N) is 3. The molecular formula is C18H18N4O3S. The number of carbonyl (C=O) groups is 1. The first-order chi connectivity index (χ1) is 12.6. The minimum Gasteiger partial charge on any atom is -0.508 e. The Kier molecular flexibility index (Phi) is 5.43. The molecule has 0 fully saturated rings. The number of thioether (sulfide) groups is 1. The maximum Gasteiger partial charge on any atom is 0.234 e. The second-order valence-electron chi connectivity index (χ2n) is 5.45. The number of amides is 1. The van der Waals surface area contributed by atoms with Crippen molar-refractivity contribution < 1.29 is 14.6 Å². The lowest BCUT2D eigenvalue weighted by Crippen LogP contribution is -2.15. The van der Waals surface area contributed by atoms with Gasteiger partial charge in [0.25, 0.3) is 0 Å². The van der Waals surface area contributed by atoms with E-state index in [0.29, 0.717) is 22.4 Å². The third-order valence-electron chi connectivity index (χ3n) is 3.67. The van der Waals surface area contributed by atoms with Crippen molar-refractivity contribution in [2.75, 3.05) is 18.2 Å². The Morgan fingerprint density at radius 1 is 1.19 bits per heavy atom. The van der Waals surface area contributed by atoms with Crippen molar-refractivity contribution in [3.8, 4) is 22.9 Å². The molecule has 3 rings (SSSR count). The summed E-state index contributed by atoms with van der Waals surface area (Å²) in [5.41, 5.74) is 1.46. The van der Waals surface area contributed by atoms with Gasteiger partial charge in [-0.15, -0.1) is 10.2 Å². The van der Waals surface area contributed by atoms with Crippen molar-refractivity contribution in [1.29, 1.82) is 0 Å². The Balaban J connectivity index is 1.65. The van der Waals surface area contributed by atoms with Gasteiger partial charge < -0.3 is 19.7 Å². The maximum atomic E-state index is 12.2. The van der Waals surface area contributed by atoms with Gasteiger partial charge in [-0.2, -0.15) is 0 Å². The highest BCUT2D eigenvalue weighted by molar-refractivity contribution is 7.99. The summed E-state index contributed by atoms with van der Waals surface area (Å²) in [6.45, 7) is 0. The number of rotatable bonds is 6. The van der Waals surface area contributed by atoms with Crippen molar-refractivity contribution in [2.24, 2.45) is 7.05 Å². The van der Waals surface area contributed by atoms with Crippen LogP contribution in [-0.4, -0.2) is 38.6 Å². The van der Waals surface area contributed by atoms with Gasteiger partial charge in [-0.25, -0.2) is 0 Å². The molecule has 0 atom stereocenters. The lowest BCUT2D eigenvalue weighted by atomic mass is 10.2. The molecule has 0 spiro atoms. The molecule has 0 bridgehead atoms. The first-order valence-corrected chi connectivity index (χ1v) is 8.81. The van der Waals surface area contributed by atoms with Crippen LogP contribution in [0.3, 0.4) is 0 Å². The zero-order valence-corrected chi connectivity index (χ0v) is 15.2. The molecular weight excluding hydrogens is 352 g/mol. The minimum atomic E-state index is -0.159. The van der Waals surface area contributed by atoms with Gasteiger partial charge >= 0.3 is 0 Å². The monoisotopic (exact) mass is 370 g/mol. The number of hydrogen-bond acceptors (Lipinski definition) is 6. The van der Waals surface area contributed by atoms with Gasteiger partial charge in [-0.05, 0) is 36.4 Å². The number of ether oxygens (including phenoxy) is 1. The number of para-hydroxylation sites is 2. The summed E-state index contributed by atoms with van der Waals surface area (Å²) in [5, 5.41) is 21.1. The van der Waals surface area contributed by atoms with Crippen molar-refractivity contribution in [3.63, 3.8) is 0 Å². The molecule has 26 heavy (non-hydrogen) atoms. The highest BCUT2D eigenvalue weighted by Gasteiger charge is 2.14. The lowest BCUT2D eigenvalue weighted by molar-refractivity contribution is -0.113. The van der Waals surface area contributed by atoms with E-state index in [2.05, 4.69) is 15.5 Å². The van der Waals surface area contributed by atoms with E-state index < -0.39 is 0 Å². The van der Waals surface area contributed by atoms with E-state index in [-0.39, 0.29) is 17.4 Å². The third-order valence-corrected chi connectivity index (χ3v) is 4.69. The average Bonchev–Trinajstić information content (AvgIpc) is 3.02. The Hall–Kier alpha value is -3.00. The Labute approximate surface area is 155 Å². The molecule has 0 radical (unpaired) electrons. The Bertz CT molecular complexity index is 909. The molecule has 1 amide bonds. The fourth-order valence-electron chi connectivity index (χ4n) is 2.37. The summed E-state index contributed by atoms with van der Waals surface area (Å²) in [7, 11) is 3.40. The van der Waals surface area contributed by atoms with Crippen molar-refractivity contribution in [1.82, 2.24) is 14.8 Å². The molecule has 7 nitrogen and oxygen atoms in total. The second-order valence-corrected chi connectivity index (χ2v) is 6.39. The van der Waals surface area contributed by atoms with Gasteiger partial charge in [0.1, 0.15) is 11.5 Å². The quantitative estimate of drug-likeness (QED) is 0.649. The fraction of sp³-hybridized carbons (Fsp3) is 0.167. The van der Waals surface area contributed by atoms with Gasteiger partial charge in [-0.1, -0.05) is 23.9 Å². The smallest absolute Gasteiger partial charge is 0.234 e. The number of nitrogens with one attached hydrogen (secondary N) is 1. The van der Waals surface area contributed by atoms with Gasteiger partial charge in [-0.3, -0.25) is 4.79 Å². The highest BCUT2D eigenvalue weighted by atomic mass is 32.2. The lowest BCUT2D eigenvalue weighted by Gasteiger charge is -2.09. The van der Waals surface area contributed by atoms with Crippen LogP contribution >= 0.6 is 11.8 Å². The van der Waals surface area contributed by atoms with Crippen LogP contribution in [-0.2, 0) is 11.8 Å². The molecule has 2 aromatic carbocycles. The SMILES string of the molecule is COc1ccccc1NC(=O)CSc1nnc(-c2ccc(O)cc2)n1C. The topological polar surface area (TPSA) is 89.3 Å². The summed E-state index contributed by atoms with van der Waals surface area (Å²) in [6, 6.07) is 14.0. The molecule has 1 aromatic heterocycles. The highest BCUT2D eigenvalue weighted by Crippen LogP contribution is 2.26. The number of phenolic OH excluding ortho intramolecular Hbond substituents is 1. The van der Waals surface area contributed by atoms with Crippen LogP contribution in [0.5, 0.6) is 11.5 Å². The first-order valence-electron chi connectivity index (χ1n) is 7.83. The van der Waals surface area contributed by atoms with Crippen LogP contribution in [0.2, 0.25) is 0 Å². The molecule has 2 N–H and O–H groups in total. The average molecular weight is 370 g/mol. The molecule has 0 saturated carbocycles. The zero-order valence-electron chi connectivity index (χ0n) is 14.3. The molecule has 3 aromatic rings. The number of aromatic nitrogens is 3. The van der Waals surface area contributed by atoms with Gasteiger partial charge in [0.2, 0.25) is 5.91 Å². The number of aromatic hydroxyl groups is 1. The number of benzene rings is 2. The van der Waals surface area contributed by atoms with Gasteiger partial charge in [0.05, 0.1) is 18.6 Å². The fourth-order valence-corrected chi connectivity index (χ4v) is 3.08. The largest absolute Gasteiger partial charge is 0.508 e. The van der Waals surface area contributed by atoms with E-state index in [1.807, 2.05) is 23.7 Å². The zero-order chi connectivity index (χ0) is 18.5. The van der Waals surface area contributed by atoms with Crippen LogP contribution in [0, 0.1) is 0 Å². The van der Waals surface area contributed by atoms with E-state index in [1.54, 1.807) is 43.5 Å². The summed E-state index contributed by atoms with van der Waals surface area (Å²) >= 11 is 1.29.